The maximum atomic E-state index is 11.3. The van der Waals surface area contributed by atoms with Crippen LogP contribution in [-0.4, -0.2) is 14.3 Å². The molecule has 1 aliphatic rings. The van der Waals surface area contributed by atoms with Crippen LogP contribution in [-0.2, 0) is 0 Å². The molecule has 3 rings (SSSR count). The number of allylic oxidation sites excluding steroid dienone is 1. The molecule has 2 aromatic rings. The molecule has 0 atom stereocenters. The van der Waals surface area contributed by atoms with Crippen LogP contribution in [0.5, 0.6) is 0 Å². The highest BCUT2D eigenvalue weighted by Gasteiger charge is 2.21. The molecule has 0 aliphatic heterocycles. The maximum Gasteiger partial charge on any atom is 0.355 e. The van der Waals surface area contributed by atoms with Crippen LogP contribution < -0.4 is 0 Å². The molecular weight excluding hydrogens is 254 g/mol. The third-order valence-corrected chi connectivity index (χ3v) is 3.79. The van der Waals surface area contributed by atoms with Gasteiger partial charge in [-0.1, -0.05) is 24.5 Å². The Morgan fingerprint density at radius 1 is 1.20 bits per heavy atom. The summed E-state index contributed by atoms with van der Waals surface area (Å²) in [6, 6.07) is 5.42. The van der Waals surface area contributed by atoms with Gasteiger partial charge in [-0.25, -0.2) is 4.98 Å². The molecule has 0 unspecified atom stereocenters. The molecule has 20 heavy (non-hydrogen) atoms. The number of rotatable bonds is 2. The normalized spacial score (nSPS) is 16.1. The number of pyridine rings is 1. The molecular formula is C15H17N3O2. The van der Waals surface area contributed by atoms with Crippen LogP contribution in [0.1, 0.15) is 44.2 Å². The molecule has 5 heteroatoms. The van der Waals surface area contributed by atoms with Gasteiger partial charge in [0.15, 0.2) is 5.69 Å². The maximum absolute atomic E-state index is 11.3. The quantitative estimate of drug-likeness (QED) is 0.471. The molecule has 1 saturated carbocycles. The lowest BCUT2D eigenvalue weighted by atomic mass is 10.1. The molecule has 0 radical (unpaired) electrons. The number of hydrogen-bond donors (Lipinski definition) is 0. The Hall–Kier alpha value is -2.17. The van der Waals surface area contributed by atoms with E-state index >= 15 is 0 Å². The second-order valence-corrected chi connectivity index (χ2v) is 5.22. The Morgan fingerprint density at radius 3 is 2.65 bits per heavy atom. The van der Waals surface area contributed by atoms with Gasteiger partial charge in [0.1, 0.15) is 0 Å². The van der Waals surface area contributed by atoms with E-state index in [9.17, 15) is 10.1 Å². The summed E-state index contributed by atoms with van der Waals surface area (Å²) in [6.07, 6.45) is 10.5. The molecule has 0 N–H and O–H groups in total. The van der Waals surface area contributed by atoms with E-state index in [1.165, 1.54) is 31.3 Å². The number of imidazole rings is 1. The fourth-order valence-corrected chi connectivity index (χ4v) is 2.80. The molecule has 0 saturated heterocycles. The van der Waals surface area contributed by atoms with Crippen molar-refractivity contribution in [1.29, 1.82) is 0 Å². The number of nitro groups is 1. The lowest BCUT2D eigenvalue weighted by Crippen LogP contribution is -1.95. The zero-order chi connectivity index (χ0) is 13.9. The summed E-state index contributed by atoms with van der Waals surface area (Å²) in [5, 5.41) is 11.3. The lowest BCUT2D eigenvalue weighted by molar-refractivity contribution is -0.390. The van der Waals surface area contributed by atoms with Crippen molar-refractivity contribution < 1.29 is 4.92 Å². The van der Waals surface area contributed by atoms with E-state index in [1.54, 1.807) is 22.7 Å². The first-order chi connectivity index (χ1) is 9.75. The van der Waals surface area contributed by atoms with Crippen LogP contribution in [0.25, 0.3) is 11.7 Å². The Bertz CT molecular complexity index is 663. The van der Waals surface area contributed by atoms with Gasteiger partial charge in [-0.05, 0) is 42.7 Å². The minimum Gasteiger partial charge on any atom is -0.358 e. The van der Waals surface area contributed by atoms with Gasteiger partial charge in [0.2, 0.25) is 5.65 Å². The van der Waals surface area contributed by atoms with E-state index in [2.05, 4.69) is 4.98 Å². The highest BCUT2D eigenvalue weighted by molar-refractivity contribution is 5.63. The number of hydrogen-bond acceptors (Lipinski definition) is 3. The average molecular weight is 271 g/mol. The van der Waals surface area contributed by atoms with E-state index in [0.717, 1.165) is 12.8 Å². The Morgan fingerprint density at radius 2 is 1.95 bits per heavy atom. The predicted molar refractivity (Wildman–Crippen MR) is 77.5 cm³/mol. The van der Waals surface area contributed by atoms with Crippen molar-refractivity contribution in [3.05, 3.63) is 45.8 Å². The van der Waals surface area contributed by atoms with Crippen LogP contribution in [0.15, 0.2) is 30.0 Å². The first-order valence-corrected chi connectivity index (χ1v) is 7.06. The molecule has 104 valence electrons. The predicted octanol–water partition coefficient (Wildman–Crippen LogP) is 3.98. The third-order valence-electron chi connectivity index (χ3n) is 3.79. The van der Waals surface area contributed by atoms with Gasteiger partial charge in [0.05, 0.1) is 6.20 Å². The molecule has 1 aliphatic carbocycles. The summed E-state index contributed by atoms with van der Waals surface area (Å²) in [7, 11) is 0. The largest absolute Gasteiger partial charge is 0.358 e. The lowest BCUT2D eigenvalue weighted by Gasteiger charge is -2.01. The molecule has 1 fully saturated rings. The first kappa shape index (κ1) is 12.8. The number of nitrogens with zero attached hydrogens (tertiary/aromatic N) is 3. The number of aromatic nitrogens is 2. The van der Waals surface area contributed by atoms with Crippen LogP contribution in [0.2, 0.25) is 0 Å². The smallest absolute Gasteiger partial charge is 0.355 e. The van der Waals surface area contributed by atoms with Gasteiger partial charge in [-0.15, -0.1) is 0 Å². The monoisotopic (exact) mass is 271 g/mol. The van der Waals surface area contributed by atoms with Gasteiger partial charge in [0.25, 0.3) is 0 Å². The fraction of sp³-hybridized carbons (Fsp3) is 0.400. The van der Waals surface area contributed by atoms with Crippen molar-refractivity contribution in [2.75, 3.05) is 0 Å². The summed E-state index contributed by atoms with van der Waals surface area (Å²) < 4.78 is 1.54. The Balaban J connectivity index is 2.08. The highest BCUT2D eigenvalue weighted by atomic mass is 16.6. The first-order valence-electron chi connectivity index (χ1n) is 7.06. The standard InChI is InChI=1S/C15H17N3O2/c19-18(20)15-13(11-12-7-3-1-2-4-8-12)16-14-9-5-6-10-17(14)15/h5-6,9-11H,1-4,7-8H2. The van der Waals surface area contributed by atoms with Crippen molar-refractivity contribution in [3.8, 4) is 0 Å². The average Bonchev–Trinajstić information content (AvgIpc) is 2.60. The van der Waals surface area contributed by atoms with Gasteiger partial charge in [-0.2, -0.15) is 4.40 Å². The van der Waals surface area contributed by atoms with E-state index in [0.29, 0.717) is 11.3 Å². The van der Waals surface area contributed by atoms with Crippen molar-refractivity contribution in [3.63, 3.8) is 0 Å². The summed E-state index contributed by atoms with van der Waals surface area (Å²) in [4.78, 5) is 15.4. The Labute approximate surface area is 117 Å². The second kappa shape index (κ2) is 5.45. The van der Waals surface area contributed by atoms with Crippen LogP contribution in [0.4, 0.5) is 5.82 Å². The molecule has 2 heterocycles. The van der Waals surface area contributed by atoms with Gasteiger partial charge in [0, 0.05) is 6.07 Å². The summed E-state index contributed by atoms with van der Waals surface area (Å²) in [6.45, 7) is 0. The molecule has 0 bridgehead atoms. The minimum absolute atomic E-state index is 0.0670. The molecule has 0 aromatic carbocycles. The van der Waals surface area contributed by atoms with E-state index in [4.69, 9.17) is 0 Å². The van der Waals surface area contributed by atoms with Crippen molar-refractivity contribution in [2.24, 2.45) is 0 Å². The van der Waals surface area contributed by atoms with Crippen LogP contribution >= 0.6 is 0 Å². The van der Waals surface area contributed by atoms with Gasteiger partial charge >= 0.3 is 5.82 Å². The van der Waals surface area contributed by atoms with Gasteiger partial charge in [-0.3, -0.25) is 0 Å². The summed E-state index contributed by atoms with van der Waals surface area (Å²) >= 11 is 0. The van der Waals surface area contributed by atoms with Crippen molar-refractivity contribution in [1.82, 2.24) is 9.38 Å². The van der Waals surface area contributed by atoms with Crippen molar-refractivity contribution in [2.45, 2.75) is 38.5 Å². The van der Waals surface area contributed by atoms with Crippen molar-refractivity contribution >= 4 is 17.5 Å². The minimum atomic E-state index is -0.344. The van der Waals surface area contributed by atoms with E-state index in [-0.39, 0.29) is 10.7 Å². The van der Waals surface area contributed by atoms with E-state index in [1.807, 2.05) is 12.1 Å². The third kappa shape index (κ3) is 2.43. The second-order valence-electron chi connectivity index (χ2n) is 5.22. The fourth-order valence-electron chi connectivity index (χ4n) is 2.80. The molecule has 5 nitrogen and oxygen atoms in total. The van der Waals surface area contributed by atoms with E-state index < -0.39 is 0 Å². The SMILES string of the molecule is O=[N+]([O-])c1c(C=C2CCCCCC2)nc2ccccn12. The summed E-state index contributed by atoms with van der Waals surface area (Å²) in [5.41, 5.74) is 2.40. The molecule has 2 aromatic heterocycles. The zero-order valence-corrected chi connectivity index (χ0v) is 11.3. The molecule has 0 spiro atoms. The summed E-state index contributed by atoms with van der Waals surface area (Å²) in [5.74, 6) is 0.0670. The topological polar surface area (TPSA) is 60.4 Å². The number of fused-ring (bicyclic) bond motifs is 1. The Kier molecular flexibility index (Phi) is 3.50. The van der Waals surface area contributed by atoms with Crippen LogP contribution in [0, 0.1) is 10.1 Å². The highest BCUT2D eigenvalue weighted by Crippen LogP contribution is 2.28. The van der Waals surface area contributed by atoms with Gasteiger partial charge < -0.3 is 10.1 Å². The van der Waals surface area contributed by atoms with Crippen LogP contribution in [0.3, 0.4) is 0 Å². The molecule has 0 amide bonds. The zero-order valence-electron chi connectivity index (χ0n) is 11.3.